The topological polar surface area (TPSA) is 32.3 Å². The molecule has 0 aliphatic heterocycles. The summed E-state index contributed by atoms with van der Waals surface area (Å²) < 4.78 is 0. The highest BCUT2D eigenvalue weighted by Crippen LogP contribution is 2.36. The van der Waals surface area contributed by atoms with E-state index in [4.69, 9.17) is 23.2 Å². The minimum atomic E-state index is -0.328. The van der Waals surface area contributed by atoms with E-state index in [-0.39, 0.29) is 6.03 Å². The monoisotopic (exact) mass is 298 g/mol. The van der Waals surface area contributed by atoms with Crippen molar-refractivity contribution in [3.63, 3.8) is 0 Å². The summed E-state index contributed by atoms with van der Waals surface area (Å²) in [7, 11) is 1.55. The van der Waals surface area contributed by atoms with Crippen LogP contribution in [0.4, 0.5) is 10.5 Å². The predicted molar refractivity (Wildman–Crippen MR) is 82.0 cm³/mol. The number of nitrogens with one attached hydrogen (secondary N) is 1. The Hall–Kier alpha value is -1.45. The van der Waals surface area contributed by atoms with Crippen LogP contribution in [0.25, 0.3) is 0 Å². The Morgan fingerprint density at radius 2 is 1.84 bits per heavy atom. The highest BCUT2D eigenvalue weighted by atomic mass is 35.5. The van der Waals surface area contributed by atoms with Gasteiger partial charge in [-0.15, -0.1) is 0 Å². The second-order valence-electron chi connectivity index (χ2n) is 4.05. The highest BCUT2D eigenvalue weighted by molar-refractivity contribution is 6.40. The van der Waals surface area contributed by atoms with Gasteiger partial charge in [0.05, 0.1) is 15.7 Å². The SMILES string of the molecule is C=CC(=C(C)C)N(C(=O)NC)c1c(Cl)cccc1Cl. The second kappa shape index (κ2) is 6.64. The fraction of sp³-hybridized carbons (Fsp3) is 0.214. The van der Waals surface area contributed by atoms with E-state index in [0.29, 0.717) is 21.4 Å². The number of benzene rings is 1. The van der Waals surface area contributed by atoms with E-state index in [9.17, 15) is 4.79 Å². The average molecular weight is 299 g/mol. The van der Waals surface area contributed by atoms with Gasteiger partial charge in [-0.3, -0.25) is 4.90 Å². The Morgan fingerprint density at radius 3 is 2.21 bits per heavy atom. The highest BCUT2D eigenvalue weighted by Gasteiger charge is 2.23. The summed E-state index contributed by atoms with van der Waals surface area (Å²) in [6.45, 7) is 7.51. The zero-order chi connectivity index (χ0) is 14.6. The third-order valence-corrected chi connectivity index (χ3v) is 3.13. The molecule has 102 valence electrons. The normalized spacial score (nSPS) is 9.74. The van der Waals surface area contributed by atoms with E-state index in [1.165, 1.54) is 4.90 Å². The average Bonchev–Trinajstić information content (AvgIpc) is 2.36. The van der Waals surface area contributed by atoms with Gasteiger partial charge in [0, 0.05) is 12.7 Å². The Labute approximate surface area is 123 Å². The number of rotatable bonds is 3. The van der Waals surface area contributed by atoms with Gasteiger partial charge in [0.2, 0.25) is 0 Å². The molecule has 0 bridgehead atoms. The van der Waals surface area contributed by atoms with Crippen LogP contribution in [0.5, 0.6) is 0 Å². The van der Waals surface area contributed by atoms with E-state index >= 15 is 0 Å². The molecule has 0 aromatic heterocycles. The molecule has 0 saturated heterocycles. The second-order valence-corrected chi connectivity index (χ2v) is 4.86. The van der Waals surface area contributed by atoms with Crippen LogP contribution < -0.4 is 10.2 Å². The summed E-state index contributed by atoms with van der Waals surface area (Å²) in [6.07, 6.45) is 1.60. The van der Waals surface area contributed by atoms with Crippen molar-refractivity contribution >= 4 is 34.9 Å². The number of carbonyl (C=O) groups is 1. The molecule has 0 unspecified atom stereocenters. The number of hydrogen-bond donors (Lipinski definition) is 1. The van der Waals surface area contributed by atoms with Gasteiger partial charge in [0.25, 0.3) is 0 Å². The Morgan fingerprint density at radius 1 is 1.32 bits per heavy atom. The number of allylic oxidation sites excluding steroid dienone is 2. The summed E-state index contributed by atoms with van der Waals surface area (Å²) in [6, 6.07) is 4.77. The molecule has 0 aliphatic rings. The summed E-state index contributed by atoms with van der Waals surface area (Å²) >= 11 is 12.3. The molecule has 19 heavy (non-hydrogen) atoms. The molecule has 1 N–H and O–H groups in total. The molecule has 0 saturated carbocycles. The Kier molecular flexibility index (Phi) is 5.45. The molecule has 0 atom stereocenters. The van der Waals surface area contributed by atoms with Crippen LogP contribution in [0.15, 0.2) is 42.1 Å². The minimum absolute atomic E-state index is 0.328. The van der Waals surface area contributed by atoms with Gasteiger partial charge in [-0.05, 0) is 32.1 Å². The van der Waals surface area contributed by atoms with E-state index in [1.54, 1.807) is 31.3 Å². The Balaban J connectivity index is 3.54. The maximum absolute atomic E-state index is 12.1. The molecule has 1 aromatic carbocycles. The van der Waals surface area contributed by atoms with Crippen molar-refractivity contribution in [2.45, 2.75) is 13.8 Å². The van der Waals surface area contributed by atoms with Gasteiger partial charge < -0.3 is 5.32 Å². The summed E-state index contributed by atoms with van der Waals surface area (Å²) in [4.78, 5) is 13.6. The lowest BCUT2D eigenvalue weighted by Gasteiger charge is -2.26. The lowest BCUT2D eigenvalue weighted by molar-refractivity contribution is 0.250. The molecule has 1 aromatic rings. The lowest BCUT2D eigenvalue weighted by atomic mass is 10.2. The maximum atomic E-state index is 12.1. The van der Waals surface area contributed by atoms with Gasteiger partial charge in [-0.1, -0.05) is 41.4 Å². The quantitative estimate of drug-likeness (QED) is 0.812. The predicted octanol–water partition coefficient (Wildman–Crippen LogP) is 4.62. The van der Waals surface area contributed by atoms with E-state index in [0.717, 1.165) is 5.57 Å². The zero-order valence-electron chi connectivity index (χ0n) is 11.1. The van der Waals surface area contributed by atoms with Crippen molar-refractivity contribution in [1.29, 1.82) is 0 Å². The van der Waals surface area contributed by atoms with Gasteiger partial charge in [0.15, 0.2) is 0 Å². The summed E-state index contributed by atoms with van der Waals surface area (Å²) in [5.41, 5.74) is 2.02. The zero-order valence-corrected chi connectivity index (χ0v) is 12.6. The van der Waals surface area contributed by atoms with Crippen LogP contribution in [0, 0.1) is 0 Å². The van der Waals surface area contributed by atoms with Crippen molar-refractivity contribution in [2.75, 3.05) is 11.9 Å². The first kappa shape index (κ1) is 15.6. The van der Waals surface area contributed by atoms with Crippen LogP contribution in [0.1, 0.15) is 13.8 Å². The van der Waals surface area contributed by atoms with Gasteiger partial charge >= 0.3 is 6.03 Å². The molecule has 0 fully saturated rings. The smallest absolute Gasteiger partial charge is 0.326 e. The fourth-order valence-electron chi connectivity index (χ4n) is 1.66. The van der Waals surface area contributed by atoms with Gasteiger partial charge in [-0.25, -0.2) is 4.79 Å². The van der Waals surface area contributed by atoms with Crippen molar-refractivity contribution in [1.82, 2.24) is 5.32 Å². The molecule has 5 heteroatoms. The van der Waals surface area contributed by atoms with Crippen molar-refractivity contribution < 1.29 is 4.79 Å². The minimum Gasteiger partial charge on any atom is -0.340 e. The standard InChI is InChI=1S/C14H16Cl2N2O/c1-5-12(9(2)3)18(14(19)17-4)13-10(15)7-6-8-11(13)16/h5-8H,1H2,2-4H3,(H,17,19). The van der Waals surface area contributed by atoms with E-state index < -0.39 is 0 Å². The molecule has 0 spiro atoms. The first-order valence-corrected chi connectivity index (χ1v) is 6.45. The van der Waals surface area contributed by atoms with Crippen molar-refractivity contribution in [3.05, 3.63) is 52.2 Å². The van der Waals surface area contributed by atoms with Gasteiger partial charge in [0.1, 0.15) is 0 Å². The van der Waals surface area contributed by atoms with Crippen molar-refractivity contribution in [2.24, 2.45) is 0 Å². The van der Waals surface area contributed by atoms with E-state index in [1.807, 2.05) is 13.8 Å². The summed E-state index contributed by atoms with van der Waals surface area (Å²) in [5, 5.41) is 3.37. The first-order chi connectivity index (χ1) is 8.93. The fourth-order valence-corrected chi connectivity index (χ4v) is 2.23. The number of hydrogen-bond acceptors (Lipinski definition) is 1. The van der Waals surface area contributed by atoms with Crippen LogP contribution in [-0.2, 0) is 0 Å². The largest absolute Gasteiger partial charge is 0.340 e. The number of carbonyl (C=O) groups excluding carboxylic acids is 1. The first-order valence-electron chi connectivity index (χ1n) is 5.69. The van der Waals surface area contributed by atoms with E-state index in [2.05, 4.69) is 11.9 Å². The maximum Gasteiger partial charge on any atom is 0.326 e. The molecule has 3 nitrogen and oxygen atoms in total. The molecule has 0 radical (unpaired) electrons. The molecule has 0 heterocycles. The number of nitrogens with zero attached hydrogens (tertiary/aromatic N) is 1. The molecule has 1 rings (SSSR count). The van der Waals surface area contributed by atoms with Crippen LogP contribution >= 0.6 is 23.2 Å². The molecular formula is C14H16Cl2N2O. The van der Waals surface area contributed by atoms with Crippen LogP contribution in [-0.4, -0.2) is 13.1 Å². The van der Waals surface area contributed by atoms with Gasteiger partial charge in [-0.2, -0.15) is 0 Å². The van der Waals surface area contributed by atoms with Crippen LogP contribution in [0.2, 0.25) is 10.0 Å². The third kappa shape index (κ3) is 3.31. The number of amides is 2. The summed E-state index contributed by atoms with van der Waals surface area (Å²) in [5.74, 6) is 0. The number of halogens is 2. The van der Waals surface area contributed by atoms with Crippen molar-refractivity contribution in [3.8, 4) is 0 Å². The molecule has 0 aliphatic carbocycles. The number of para-hydroxylation sites is 1. The molecule has 2 amide bonds. The lowest BCUT2D eigenvalue weighted by Crippen LogP contribution is -2.37. The third-order valence-electron chi connectivity index (χ3n) is 2.52. The molecular weight excluding hydrogens is 283 g/mol. The van der Waals surface area contributed by atoms with Crippen LogP contribution in [0.3, 0.4) is 0 Å². The Bertz CT molecular complexity index is 514. The number of urea groups is 1. The number of anilines is 1.